The molecule has 0 spiro atoms. The van der Waals surface area contributed by atoms with Gasteiger partial charge in [0.25, 0.3) is 11.6 Å². The second kappa shape index (κ2) is 45.8. The standard InChI is InChI=1S/C67H95N5O16.2Au.BrH/c1-52-12-14-55(15-13-52)48-69-53(2)71(62-46-66(87-42-38-83-34-30-79-26-22-75-6)64(44-60(62)69)85-40-36-81-32-28-77-24-20-73-4)50-57-10-8-9-11-58(57)51-72-54(3)70(49-56-16-18-59(68)19-17-56)61-45-65(86-41-37-82-33-29-78-25-21-74-5)67(47-63(61)72)88-43-39-84-35-31-80-27-23-76-7;;;/h8-19,44-47H,20-43,48-51,68H2,1-7H3;;;1H/q+2;;+1;/p-1. The summed E-state index contributed by atoms with van der Waals surface area (Å²) in [5.41, 5.74) is 16.6. The van der Waals surface area contributed by atoms with Crippen LogP contribution in [0.2, 0.25) is 0 Å². The maximum absolute atomic E-state index is 6.58. The number of hydrogen-bond acceptors (Lipinski definition) is 17. The molecule has 24 heteroatoms. The normalized spacial score (nSPS) is 11.3. The number of hydrogen-bond donors (Lipinski definition) is 1. The van der Waals surface area contributed by atoms with E-state index in [1.54, 1.807) is 28.4 Å². The number of nitrogens with two attached hydrogens (primary N) is 1. The molecule has 21 nitrogen and oxygen atoms in total. The third kappa shape index (κ3) is 26.3. The van der Waals surface area contributed by atoms with Crippen molar-refractivity contribution in [2.45, 2.75) is 47.0 Å². The van der Waals surface area contributed by atoms with Crippen LogP contribution in [-0.2, 0) is 124 Å². The van der Waals surface area contributed by atoms with Gasteiger partial charge in [0, 0.05) is 106 Å². The fourth-order valence-electron chi connectivity index (χ4n) is 9.77. The molecular weight excluding hydrogens is 1600 g/mol. The first-order valence-corrected chi connectivity index (χ1v) is 35.3. The van der Waals surface area contributed by atoms with Crippen LogP contribution in [0.15, 0.2) is 97.1 Å². The molecule has 2 heterocycles. The van der Waals surface area contributed by atoms with Crippen LogP contribution in [0.25, 0.3) is 22.1 Å². The summed E-state index contributed by atoms with van der Waals surface area (Å²) in [6.45, 7) is 19.1. The van der Waals surface area contributed by atoms with Gasteiger partial charge in [0.2, 0.25) is 0 Å². The van der Waals surface area contributed by atoms with E-state index >= 15 is 0 Å². The molecule has 0 bridgehead atoms. The van der Waals surface area contributed by atoms with Gasteiger partial charge in [-0.25, -0.2) is 18.3 Å². The number of benzene rings is 5. The number of aryl methyl sites for hydroxylation is 1. The monoisotopic (exact) mass is 1700 g/mol. The number of anilines is 1. The van der Waals surface area contributed by atoms with Crippen molar-refractivity contribution in [3.63, 3.8) is 0 Å². The van der Waals surface area contributed by atoms with E-state index in [0.717, 1.165) is 50.4 Å². The van der Waals surface area contributed by atoms with Gasteiger partial charge in [-0.2, -0.15) is 0 Å². The van der Waals surface area contributed by atoms with E-state index in [4.69, 9.17) is 81.5 Å². The van der Waals surface area contributed by atoms with Gasteiger partial charge in [-0.3, -0.25) is 0 Å². The van der Waals surface area contributed by atoms with Crippen LogP contribution >= 0.6 is 13.0 Å². The van der Waals surface area contributed by atoms with Gasteiger partial charge >= 0.3 is 32.0 Å². The predicted octanol–water partition coefficient (Wildman–Crippen LogP) is 7.95. The Morgan fingerprint density at radius 3 is 0.956 bits per heavy atom. The van der Waals surface area contributed by atoms with Gasteiger partial charge < -0.3 is 81.5 Å². The molecule has 2 N–H and O–H groups in total. The molecule has 0 fully saturated rings. The molecule has 0 saturated carbocycles. The zero-order chi connectivity index (χ0) is 64.0. The van der Waals surface area contributed by atoms with Crippen molar-refractivity contribution in [3.05, 3.63) is 137 Å². The van der Waals surface area contributed by atoms with Crippen LogP contribution in [0.3, 0.4) is 0 Å². The van der Waals surface area contributed by atoms with Crippen molar-refractivity contribution >= 4 is 40.8 Å². The Hall–Kier alpha value is -4.48. The Morgan fingerprint density at radius 1 is 0.374 bits per heavy atom. The molecule has 5 aromatic carbocycles. The van der Waals surface area contributed by atoms with Crippen molar-refractivity contribution in [3.8, 4) is 23.0 Å². The van der Waals surface area contributed by atoms with Gasteiger partial charge in [0.05, 0.1) is 132 Å². The van der Waals surface area contributed by atoms with E-state index in [1.165, 1.54) is 11.1 Å². The minimum atomic E-state index is 0. The first-order chi connectivity index (χ1) is 44.2. The summed E-state index contributed by atoms with van der Waals surface area (Å²) >= 11 is 4.97. The summed E-state index contributed by atoms with van der Waals surface area (Å²) in [4.78, 5) is 0. The van der Waals surface area contributed by atoms with Crippen LogP contribution in [0.1, 0.15) is 39.5 Å². The zero-order valence-corrected chi connectivity index (χ0v) is 59.8. The number of fused-ring (bicyclic) bond motifs is 2. The van der Waals surface area contributed by atoms with Gasteiger partial charge in [-0.15, -0.1) is 0 Å². The Bertz CT molecular complexity index is 2900. The first-order valence-electron chi connectivity index (χ1n) is 30.5. The van der Waals surface area contributed by atoms with Crippen LogP contribution in [0, 0.1) is 20.8 Å². The third-order valence-corrected chi connectivity index (χ3v) is 14.5. The molecule has 7 rings (SSSR count). The quantitative estimate of drug-likeness (QED) is 0.0167. The van der Waals surface area contributed by atoms with E-state index in [9.17, 15) is 0 Å². The van der Waals surface area contributed by atoms with Crippen molar-refractivity contribution in [1.82, 2.24) is 9.13 Å². The first kappa shape index (κ1) is 77.2. The summed E-state index contributed by atoms with van der Waals surface area (Å²) in [7, 11) is 6.61. The van der Waals surface area contributed by atoms with Crippen molar-refractivity contribution in [1.29, 1.82) is 0 Å². The van der Waals surface area contributed by atoms with E-state index in [2.05, 4.69) is 156 Å². The summed E-state index contributed by atoms with van der Waals surface area (Å²) in [6.07, 6.45) is 0. The zero-order valence-electron chi connectivity index (χ0n) is 53.9. The molecule has 0 aliphatic rings. The number of halogens is 1. The summed E-state index contributed by atoms with van der Waals surface area (Å²) < 4.78 is 102. The third-order valence-electron chi connectivity index (χ3n) is 14.5. The molecule has 0 saturated heterocycles. The molecular formula is C67H95Au2BrN5O16+2. The molecule has 91 heavy (non-hydrogen) atoms. The Kier molecular flexibility index (Phi) is 38.9. The van der Waals surface area contributed by atoms with Crippen molar-refractivity contribution in [2.24, 2.45) is 0 Å². The molecule has 0 aliphatic heterocycles. The Morgan fingerprint density at radius 2 is 0.648 bits per heavy atom. The van der Waals surface area contributed by atoms with Gasteiger partial charge in [0.1, 0.15) is 52.6 Å². The number of imidazole rings is 2. The van der Waals surface area contributed by atoms with Crippen LogP contribution < -0.4 is 33.8 Å². The van der Waals surface area contributed by atoms with Gasteiger partial charge in [0.15, 0.2) is 45.1 Å². The minimum absolute atomic E-state index is 0. The molecule has 0 aliphatic carbocycles. The van der Waals surface area contributed by atoms with E-state index in [1.807, 2.05) is 12.1 Å². The summed E-state index contributed by atoms with van der Waals surface area (Å²) in [6, 6.07) is 33.7. The second-order valence-electron chi connectivity index (χ2n) is 20.8. The molecule has 511 valence electrons. The Labute approximate surface area is 571 Å². The SMILES string of the molecule is COCCOCCOCCOc1cc2c(cc1OCCOCCOCCOC)[n+](Cc1ccc(C)cc1)c(C)n2Cc1ccccc1Cn1c(C)[n+](Cc2ccc(N)cc2)c2cc(OCCOCCOCCOC)c(OCCOCCOCCOC)cc21.[Au].[Br][Au]. The average molecular weight is 1700 g/mol. The van der Waals surface area contributed by atoms with Crippen molar-refractivity contribution in [2.75, 3.05) is 193 Å². The van der Waals surface area contributed by atoms with Crippen LogP contribution in [0.5, 0.6) is 23.0 Å². The van der Waals surface area contributed by atoms with Gasteiger partial charge in [-0.05, 0) is 30.2 Å². The van der Waals surface area contributed by atoms with E-state index < -0.39 is 0 Å². The van der Waals surface area contributed by atoms with Crippen molar-refractivity contribution < 1.29 is 126 Å². The molecule has 0 unspecified atom stereocenters. The molecule has 1 radical (unpaired) electrons. The summed E-state index contributed by atoms with van der Waals surface area (Å²) in [5, 5.41) is 0. The van der Waals surface area contributed by atoms with Crippen LogP contribution in [0.4, 0.5) is 5.69 Å². The molecule has 0 atom stereocenters. The van der Waals surface area contributed by atoms with E-state index in [0.29, 0.717) is 207 Å². The number of ether oxygens (including phenoxy) is 16. The maximum atomic E-state index is 6.58. The number of methoxy groups -OCH3 is 4. The number of rotatable bonds is 48. The topological polar surface area (TPSA) is 191 Å². The average Bonchev–Trinajstić information content (AvgIpc) is 1.64. The summed E-state index contributed by atoms with van der Waals surface area (Å²) in [5.74, 6) is 4.48. The molecule has 7 aromatic rings. The fraction of sp³-hybridized carbons (Fsp3) is 0.522. The number of nitrogens with zero attached hydrogens (tertiary/aromatic N) is 4. The molecule has 2 aromatic heterocycles. The van der Waals surface area contributed by atoms with E-state index in [-0.39, 0.29) is 29.0 Å². The number of aromatic nitrogens is 4. The second-order valence-corrected chi connectivity index (χ2v) is 20.8. The van der Waals surface area contributed by atoms with Gasteiger partial charge in [-0.1, -0.05) is 66.2 Å². The molecule has 0 amide bonds. The Balaban J connectivity index is 0.00000496. The fourth-order valence-corrected chi connectivity index (χ4v) is 9.77. The van der Waals surface area contributed by atoms with Crippen LogP contribution in [-0.4, -0.2) is 196 Å². The predicted molar refractivity (Wildman–Crippen MR) is 344 cm³/mol. The number of nitrogen functional groups attached to an aromatic ring is 1.